The molecule has 0 aliphatic carbocycles. The third-order valence-corrected chi connectivity index (χ3v) is 14.1. The van der Waals surface area contributed by atoms with Gasteiger partial charge in [0, 0.05) is 0 Å². The molecule has 0 aromatic rings. The molecule has 0 saturated heterocycles. The molecule has 22 heavy (non-hydrogen) atoms. The maximum absolute atomic E-state index is 6.09. The second-order valence-electron chi connectivity index (χ2n) is 9.00. The third kappa shape index (κ3) is 7.40. The summed E-state index contributed by atoms with van der Waals surface area (Å²) in [5.41, 5.74) is 0. The molecule has 0 saturated carbocycles. The Kier molecular flexibility index (Phi) is 8.03. The highest BCUT2D eigenvalue weighted by atomic mass is 28.4. The zero-order chi connectivity index (χ0) is 17.7. The lowest BCUT2D eigenvalue weighted by Gasteiger charge is -2.35. The van der Waals surface area contributed by atoms with Crippen molar-refractivity contribution in [1.82, 2.24) is 0 Å². The first-order valence-corrected chi connectivity index (χ1v) is 14.1. The summed E-state index contributed by atoms with van der Waals surface area (Å²) in [7, 11) is -3.24. The van der Waals surface area contributed by atoms with Gasteiger partial charge in [-0.3, -0.25) is 0 Å². The summed E-state index contributed by atoms with van der Waals surface area (Å²) >= 11 is 0. The van der Waals surface area contributed by atoms with Gasteiger partial charge in [-0.2, -0.15) is 0 Å². The second kappa shape index (κ2) is 8.09. The van der Waals surface area contributed by atoms with Crippen LogP contribution >= 0.6 is 0 Å². The summed E-state index contributed by atoms with van der Waals surface area (Å²) in [6.07, 6.45) is 8.29. The summed E-state index contributed by atoms with van der Waals surface area (Å²) in [6.45, 7) is 24.1. The average molecular weight is 343 g/mol. The summed E-state index contributed by atoms with van der Waals surface area (Å²) in [5, 5.41) is 0.543. The average Bonchev–Trinajstić information content (AvgIpc) is 2.29. The van der Waals surface area contributed by atoms with Gasteiger partial charge in [-0.05, 0) is 36.3 Å². The van der Waals surface area contributed by atoms with Gasteiger partial charge < -0.3 is 8.85 Å². The van der Waals surface area contributed by atoms with E-state index in [1.807, 2.05) is 0 Å². The van der Waals surface area contributed by atoms with E-state index in [0.717, 1.165) is 0 Å². The topological polar surface area (TPSA) is 18.5 Å². The second-order valence-corrected chi connectivity index (χ2v) is 18.6. The molecule has 0 radical (unpaired) electrons. The van der Waals surface area contributed by atoms with Crippen LogP contribution in [-0.4, -0.2) is 29.8 Å². The molecule has 0 aliphatic rings. The Morgan fingerprint density at radius 1 is 0.636 bits per heavy atom. The zero-order valence-corrected chi connectivity index (χ0v) is 18.5. The van der Waals surface area contributed by atoms with E-state index in [4.69, 9.17) is 8.85 Å². The molecule has 2 nitrogen and oxygen atoms in total. The fraction of sp³-hybridized carbons (Fsp3) is 0.778. The van der Waals surface area contributed by atoms with Gasteiger partial charge >= 0.3 is 0 Å². The number of allylic oxidation sites excluding steroid dienone is 2. The molecule has 130 valence electrons. The van der Waals surface area contributed by atoms with Crippen LogP contribution in [0.5, 0.6) is 0 Å². The molecule has 0 N–H and O–H groups in total. The van der Waals surface area contributed by atoms with E-state index >= 15 is 0 Å². The van der Waals surface area contributed by atoms with Gasteiger partial charge in [-0.1, -0.05) is 65.8 Å². The van der Waals surface area contributed by atoms with Crippen molar-refractivity contribution >= 4 is 16.6 Å². The van der Waals surface area contributed by atoms with E-state index in [2.05, 4.69) is 92.0 Å². The molecule has 0 aliphatic heterocycles. The van der Waals surface area contributed by atoms with Gasteiger partial charge in [0.2, 0.25) is 0 Å². The van der Waals surface area contributed by atoms with Gasteiger partial charge in [-0.25, -0.2) is 0 Å². The van der Waals surface area contributed by atoms with E-state index in [9.17, 15) is 0 Å². The van der Waals surface area contributed by atoms with Gasteiger partial charge in [0.1, 0.15) is 0 Å². The van der Waals surface area contributed by atoms with Crippen LogP contribution in [0.1, 0.15) is 41.5 Å². The van der Waals surface area contributed by atoms with Crippen LogP contribution in [0.3, 0.4) is 0 Å². The Labute approximate surface area is 141 Å². The highest BCUT2D eigenvalue weighted by Gasteiger charge is 2.37. The first-order valence-electron chi connectivity index (χ1n) is 8.30. The highest BCUT2D eigenvalue weighted by Crippen LogP contribution is 2.37. The van der Waals surface area contributed by atoms with Crippen LogP contribution in [-0.2, 0) is 8.85 Å². The molecular formula is C18H38O2Si2. The molecule has 0 fully saturated rings. The van der Waals surface area contributed by atoms with Crippen molar-refractivity contribution in [2.45, 2.75) is 77.8 Å². The Morgan fingerprint density at radius 3 is 1.14 bits per heavy atom. The minimum absolute atomic E-state index is 0.272. The summed E-state index contributed by atoms with van der Waals surface area (Å²) in [6, 6.07) is 0. The van der Waals surface area contributed by atoms with Crippen LogP contribution in [0.25, 0.3) is 0 Å². The third-order valence-electron chi connectivity index (χ3n) is 5.08. The fourth-order valence-corrected chi connectivity index (χ4v) is 3.11. The molecule has 0 heterocycles. The molecule has 0 unspecified atom stereocenters. The van der Waals surface area contributed by atoms with Crippen molar-refractivity contribution in [2.24, 2.45) is 0 Å². The van der Waals surface area contributed by atoms with Crippen LogP contribution in [0.4, 0.5) is 0 Å². The molecule has 4 heteroatoms. The maximum Gasteiger partial charge on any atom is 0.192 e. The monoisotopic (exact) mass is 342 g/mol. The Balaban J connectivity index is 4.11. The molecule has 0 bridgehead atoms. The van der Waals surface area contributed by atoms with E-state index < -0.39 is 16.6 Å². The van der Waals surface area contributed by atoms with Crippen molar-refractivity contribution in [3.63, 3.8) is 0 Å². The first-order chi connectivity index (χ1) is 9.71. The number of hydrogen-bond acceptors (Lipinski definition) is 2. The lowest BCUT2D eigenvalue weighted by Crippen LogP contribution is -2.40. The van der Waals surface area contributed by atoms with Gasteiger partial charge in [-0.15, -0.1) is 0 Å². The lowest BCUT2D eigenvalue weighted by atomic mass is 10.2. The molecule has 0 rings (SSSR count). The van der Waals surface area contributed by atoms with Crippen LogP contribution in [0, 0.1) is 0 Å². The van der Waals surface area contributed by atoms with Crippen LogP contribution < -0.4 is 0 Å². The minimum Gasteiger partial charge on any atom is -0.413 e. The standard InChI is InChI=1S/C18H38O2Si2/c1-17(2,3)21(7,8)19-15-13-11-12-14-16-20-22(9,10)18(4,5)6/h11-14H,15-16H2,1-10H3/b13-11+,14-12+. The van der Waals surface area contributed by atoms with E-state index in [1.54, 1.807) is 0 Å². The molecule has 0 spiro atoms. The van der Waals surface area contributed by atoms with Crippen LogP contribution in [0.2, 0.25) is 36.3 Å². The highest BCUT2D eigenvalue weighted by molar-refractivity contribution is 6.74. The minimum atomic E-state index is -1.62. The predicted molar refractivity (Wildman–Crippen MR) is 105 cm³/mol. The van der Waals surface area contributed by atoms with Crippen molar-refractivity contribution in [3.8, 4) is 0 Å². The van der Waals surface area contributed by atoms with Crippen molar-refractivity contribution in [1.29, 1.82) is 0 Å². The zero-order valence-electron chi connectivity index (χ0n) is 16.5. The predicted octanol–water partition coefficient (Wildman–Crippen LogP) is 6.14. The van der Waals surface area contributed by atoms with Crippen molar-refractivity contribution in [3.05, 3.63) is 24.3 Å². The van der Waals surface area contributed by atoms with Gasteiger partial charge in [0.15, 0.2) is 16.6 Å². The van der Waals surface area contributed by atoms with E-state index in [1.165, 1.54) is 0 Å². The Hall–Kier alpha value is -0.166. The largest absolute Gasteiger partial charge is 0.413 e. The quantitative estimate of drug-likeness (QED) is 0.408. The molecule has 0 atom stereocenters. The van der Waals surface area contributed by atoms with Gasteiger partial charge in [0.25, 0.3) is 0 Å². The van der Waals surface area contributed by atoms with Gasteiger partial charge in [0.05, 0.1) is 13.2 Å². The normalized spacial score (nSPS) is 15.2. The van der Waals surface area contributed by atoms with Crippen LogP contribution in [0.15, 0.2) is 24.3 Å². The van der Waals surface area contributed by atoms with E-state index in [-0.39, 0.29) is 10.1 Å². The molecule has 0 aromatic carbocycles. The maximum atomic E-state index is 6.09. The summed E-state index contributed by atoms with van der Waals surface area (Å²) in [5.74, 6) is 0. The SMILES string of the molecule is CC(C)(C)[Si](C)(C)OC/C=C/C=C/CO[Si](C)(C)C(C)(C)C. The lowest BCUT2D eigenvalue weighted by molar-refractivity contribution is 0.327. The first kappa shape index (κ1) is 21.8. The number of hydrogen-bond donors (Lipinski definition) is 0. The Bertz CT molecular complexity index is 345. The molecule has 0 aromatic heterocycles. The fourth-order valence-electron chi connectivity index (χ4n) is 1.21. The Morgan fingerprint density at radius 2 is 0.909 bits per heavy atom. The molecular weight excluding hydrogens is 304 g/mol. The van der Waals surface area contributed by atoms with Crippen molar-refractivity contribution < 1.29 is 8.85 Å². The summed E-state index contributed by atoms with van der Waals surface area (Å²) < 4.78 is 12.2. The number of rotatable bonds is 7. The van der Waals surface area contributed by atoms with Crippen molar-refractivity contribution in [2.75, 3.05) is 13.2 Å². The summed E-state index contributed by atoms with van der Waals surface area (Å²) in [4.78, 5) is 0. The van der Waals surface area contributed by atoms with E-state index in [0.29, 0.717) is 13.2 Å². The molecule has 0 amide bonds. The smallest absolute Gasteiger partial charge is 0.192 e.